The van der Waals surface area contributed by atoms with Crippen molar-refractivity contribution in [1.82, 2.24) is 20.6 Å². The molecule has 0 unspecified atom stereocenters. The second-order valence-corrected chi connectivity index (χ2v) is 11.3. The molecule has 16 heteroatoms. The zero-order valence-corrected chi connectivity index (χ0v) is 22.4. The first kappa shape index (κ1) is 30.1. The van der Waals surface area contributed by atoms with E-state index in [1.54, 1.807) is 24.3 Å². The molecule has 0 aliphatic carbocycles. The second kappa shape index (κ2) is 13.6. The Morgan fingerprint density at radius 2 is 1.82 bits per heavy atom. The Labute approximate surface area is 230 Å². The van der Waals surface area contributed by atoms with Crippen molar-refractivity contribution in [3.8, 4) is 5.75 Å². The van der Waals surface area contributed by atoms with Crippen molar-refractivity contribution in [3.63, 3.8) is 0 Å². The van der Waals surface area contributed by atoms with E-state index in [2.05, 4.69) is 21.0 Å². The van der Waals surface area contributed by atoms with Gasteiger partial charge in [-0.05, 0) is 36.8 Å². The Balaban J connectivity index is 1.37. The molecule has 1 aromatic carbocycles. The summed E-state index contributed by atoms with van der Waals surface area (Å²) in [4.78, 5) is 30.2. The first-order chi connectivity index (χ1) is 18.4. The number of hydrogen-bond acceptors (Lipinski definition) is 8. The van der Waals surface area contributed by atoms with Crippen molar-refractivity contribution in [3.05, 3.63) is 70.2 Å². The Bertz CT molecular complexity index is 1390. The van der Waals surface area contributed by atoms with Gasteiger partial charge in [0.05, 0.1) is 17.1 Å². The molecule has 3 aromatic rings. The van der Waals surface area contributed by atoms with Crippen LogP contribution in [0.1, 0.15) is 23.3 Å². The van der Waals surface area contributed by atoms with Gasteiger partial charge in [0.1, 0.15) is 15.8 Å². The van der Waals surface area contributed by atoms with Gasteiger partial charge in [0.25, 0.3) is 15.9 Å². The molecule has 210 valence electrons. The molecule has 0 bridgehead atoms. The first-order valence-electron chi connectivity index (χ1n) is 11.2. The number of rotatable bonds is 13. The lowest BCUT2D eigenvalue weighted by Gasteiger charge is -2.11. The summed E-state index contributed by atoms with van der Waals surface area (Å²) >= 11 is 6.72. The van der Waals surface area contributed by atoms with E-state index in [1.807, 2.05) is 10.9 Å². The number of aromatic nitrogens is 1. The number of anilines is 1. The van der Waals surface area contributed by atoms with Crippen LogP contribution in [0.15, 0.2) is 58.9 Å². The summed E-state index contributed by atoms with van der Waals surface area (Å²) < 4.78 is 68.2. The Kier molecular flexibility index (Phi) is 10.5. The number of benzene rings is 1. The fourth-order valence-corrected chi connectivity index (χ4v) is 5.30. The maximum atomic E-state index is 12.7. The van der Waals surface area contributed by atoms with E-state index in [-0.39, 0.29) is 53.5 Å². The number of sulfonamides is 1. The molecule has 2 heterocycles. The van der Waals surface area contributed by atoms with Crippen LogP contribution in [0.2, 0.25) is 5.02 Å². The monoisotopic (exact) mass is 605 g/mol. The highest BCUT2D eigenvalue weighted by atomic mass is 35.5. The van der Waals surface area contributed by atoms with Gasteiger partial charge in [-0.15, -0.1) is 16.2 Å². The van der Waals surface area contributed by atoms with Crippen molar-refractivity contribution in [2.24, 2.45) is 0 Å². The maximum Gasteiger partial charge on any atom is 0.417 e. The molecule has 0 aliphatic heterocycles. The standard InChI is InChI=1S/C23H23ClF3N5O5S2/c24-18-11-15(23(25,26)27)12-30-22(18)28-10-4-7-19(33)31-32-39(35,36)21-9-8-17(38-21)13-29-20(34)14-37-16-5-2-1-3-6-16/h1-3,5-6,8-9,11-12,32H,4,7,10,13-14H2,(H,28,30)(H,29,34)(H,31,33). The molecule has 0 saturated heterocycles. The third-order valence-corrected chi connectivity index (χ3v) is 7.95. The molecule has 0 saturated carbocycles. The number of hydrogen-bond donors (Lipinski definition) is 4. The number of carbonyl (C=O) groups is 2. The van der Waals surface area contributed by atoms with E-state index in [0.717, 1.165) is 17.4 Å². The number of nitrogens with one attached hydrogen (secondary N) is 4. The molecular formula is C23H23ClF3N5O5S2. The molecule has 0 radical (unpaired) electrons. The van der Waals surface area contributed by atoms with Gasteiger partial charge in [0.15, 0.2) is 6.61 Å². The van der Waals surface area contributed by atoms with Gasteiger partial charge in [0, 0.05) is 24.0 Å². The molecule has 2 amide bonds. The number of halogens is 4. The molecular weight excluding hydrogens is 583 g/mol. The number of para-hydroxylation sites is 1. The quantitative estimate of drug-likeness (QED) is 0.172. The molecule has 0 aliphatic rings. The van der Waals surface area contributed by atoms with Crippen LogP contribution in [-0.2, 0) is 32.3 Å². The highest BCUT2D eigenvalue weighted by molar-refractivity contribution is 7.91. The number of carbonyl (C=O) groups excluding carboxylic acids is 2. The van der Waals surface area contributed by atoms with E-state index < -0.39 is 27.7 Å². The molecule has 0 fully saturated rings. The van der Waals surface area contributed by atoms with Gasteiger partial charge < -0.3 is 15.4 Å². The molecule has 3 rings (SSSR count). The van der Waals surface area contributed by atoms with Crippen LogP contribution in [0, 0.1) is 0 Å². The van der Waals surface area contributed by atoms with Crippen LogP contribution in [0.3, 0.4) is 0 Å². The predicted octanol–water partition coefficient (Wildman–Crippen LogP) is 3.71. The topological polar surface area (TPSA) is 139 Å². The van der Waals surface area contributed by atoms with E-state index in [4.69, 9.17) is 16.3 Å². The minimum absolute atomic E-state index is 0.0270. The summed E-state index contributed by atoms with van der Waals surface area (Å²) in [6.07, 6.45) is -3.82. The van der Waals surface area contributed by atoms with Gasteiger partial charge in [-0.3, -0.25) is 15.0 Å². The minimum Gasteiger partial charge on any atom is -0.484 e. The summed E-state index contributed by atoms with van der Waals surface area (Å²) in [5, 5.41) is 5.12. The molecule has 0 atom stereocenters. The smallest absolute Gasteiger partial charge is 0.417 e. The van der Waals surface area contributed by atoms with Crippen molar-refractivity contribution < 1.29 is 35.9 Å². The Hall–Kier alpha value is -3.40. The van der Waals surface area contributed by atoms with E-state index in [9.17, 15) is 31.2 Å². The normalized spacial score (nSPS) is 11.6. The van der Waals surface area contributed by atoms with Gasteiger partial charge in [-0.25, -0.2) is 13.4 Å². The third kappa shape index (κ3) is 9.69. The van der Waals surface area contributed by atoms with Crippen molar-refractivity contribution in [2.75, 3.05) is 18.5 Å². The number of thiophene rings is 1. The lowest BCUT2D eigenvalue weighted by molar-refractivity contribution is -0.137. The average molecular weight is 606 g/mol. The average Bonchev–Trinajstić information content (AvgIpc) is 3.38. The summed E-state index contributed by atoms with van der Waals surface area (Å²) in [6, 6.07) is 12.4. The van der Waals surface area contributed by atoms with Crippen LogP contribution in [-0.4, -0.2) is 38.4 Å². The SMILES string of the molecule is O=C(COc1ccccc1)NCc1ccc(S(=O)(=O)NNC(=O)CCCNc2ncc(C(F)(F)F)cc2Cl)s1. The van der Waals surface area contributed by atoms with Crippen molar-refractivity contribution in [2.45, 2.75) is 29.8 Å². The van der Waals surface area contributed by atoms with E-state index in [1.165, 1.54) is 12.1 Å². The summed E-state index contributed by atoms with van der Waals surface area (Å²) in [6.45, 7) is 0.0422. The van der Waals surface area contributed by atoms with Crippen LogP contribution in [0.5, 0.6) is 5.75 Å². The van der Waals surface area contributed by atoms with Gasteiger partial charge in [-0.1, -0.05) is 29.8 Å². The van der Waals surface area contributed by atoms with Crippen LogP contribution >= 0.6 is 22.9 Å². The van der Waals surface area contributed by atoms with Gasteiger partial charge in [-0.2, -0.15) is 13.2 Å². The number of amides is 2. The predicted molar refractivity (Wildman–Crippen MR) is 139 cm³/mol. The lowest BCUT2D eigenvalue weighted by atomic mass is 10.2. The molecule has 10 nitrogen and oxygen atoms in total. The highest BCUT2D eigenvalue weighted by Crippen LogP contribution is 2.32. The largest absolute Gasteiger partial charge is 0.484 e. The highest BCUT2D eigenvalue weighted by Gasteiger charge is 2.31. The van der Waals surface area contributed by atoms with Crippen molar-refractivity contribution in [1.29, 1.82) is 0 Å². The summed E-state index contributed by atoms with van der Waals surface area (Å²) in [5.41, 5.74) is 1.11. The number of nitrogens with zero attached hydrogens (tertiary/aromatic N) is 1. The summed E-state index contributed by atoms with van der Waals surface area (Å²) in [7, 11) is -4.05. The van der Waals surface area contributed by atoms with Crippen LogP contribution < -0.4 is 25.6 Å². The fourth-order valence-electron chi connectivity index (χ4n) is 2.92. The molecule has 4 N–H and O–H groups in total. The van der Waals surface area contributed by atoms with Crippen LogP contribution in [0.25, 0.3) is 0 Å². The zero-order chi connectivity index (χ0) is 28.5. The fraction of sp³-hybridized carbons (Fsp3) is 0.261. The Morgan fingerprint density at radius 3 is 2.51 bits per heavy atom. The Morgan fingerprint density at radius 1 is 1.08 bits per heavy atom. The number of alkyl halides is 3. The molecule has 0 spiro atoms. The number of pyridine rings is 1. The second-order valence-electron chi connectivity index (χ2n) is 7.84. The van der Waals surface area contributed by atoms with Crippen LogP contribution in [0.4, 0.5) is 19.0 Å². The van der Waals surface area contributed by atoms with Gasteiger partial charge >= 0.3 is 6.18 Å². The third-order valence-electron chi connectivity index (χ3n) is 4.84. The number of hydrazine groups is 1. The molecule has 2 aromatic heterocycles. The van der Waals surface area contributed by atoms with Crippen molar-refractivity contribution >= 4 is 50.6 Å². The number of ether oxygens (including phenoxy) is 1. The van der Waals surface area contributed by atoms with E-state index >= 15 is 0 Å². The van der Waals surface area contributed by atoms with E-state index in [0.29, 0.717) is 16.8 Å². The summed E-state index contributed by atoms with van der Waals surface area (Å²) in [5.74, 6) is -0.441. The molecule has 39 heavy (non-hydrogen) atoms. The minimum atomic E-state index is -4.57. The van der Waals surface area contributed by atoms with Gasteiger partial charge in [0.2, 0.25) is 5.91 Å². The maximum absolute atomic E-state index is 12.7. The zero-order valence-electron chi connectivity index (χ0n) is 20.0. The lowest BCUT2D eigenvalue weighted by Crippen LogP contribution is -2.41. The first-order valence-corrected chi connectivity index (χ1v) is 13.9.